The van der Waals surface area contributed by atoms with E-state index in [4.69, 9.17) is 15.7 Å². The topological polar surface area (TPSA) is 67.8 Å². The summed E-state index contributed by atoms with van der Waals surface area (Å²) in [5, 5.41) is 14.0. The van der Waals surface area contributed by atoms with Gasteiger partial charge >= 0.3 is 0 Å². The molecule has 0 heterocycles. The van der Waals surface area contributed by atoms with Crippen LogP contribution in [0.3, 0.4) is 0 Å². The van der Waals surface area contributed by atoms with Gasteiger partial charge in [0.05, 0.1) is 0 Å². The average molecular weight is 292 g/mol. The number of rotatable bonds is 4. The van der Waals surface area contributed by atoms with E-state index >= 15 is 0 Å². The van der Waals surface area contributed by atoms with Crippen molar-refractivity contribution in [3.05, 3.63) is 77.9 Å². The summed E-state index contributed by atoms with van der Waals surface area (Å²) in [6, 6.07) is 21.5. The van der Waals surface area contributed by atoms with Gasteiger partial charge in [0.25, 0.3) is 0 Å². The van der Waals surface area contributed by atoms with Gasteiger partial charge in [-0.1, -0.05) is 59.8 Å². The van der Waals surface area contributed by atoms with Crippen LogP contribution in [0.5, 0.6) is 5.75 Å². The molecule has 0 spiro atoms. The molecule has 0 radical (unpaired) electrons. The molecule has 0 saturated carbocycles. The maximum absolute atomic E-state index is 8.74. The predicted molar refractivity (Wildman–Crippen MR) is 87.2 cm³/mol. The molecular weight excluding hydrogens is 276 g/mol. The lowest BCUT2D eigenvalue weighted by atomic mass is 10.1. The maximum Gasteiger partial charge on any atom is 0.170 e. The fraction of sp³-hybridized carbons (Fsp3) is 0.0556. The van der Waals surface area contributed by atoms with E-state index < -0.39 is 0 Å². The van der Waals surface area contributed by atoms with Crippen LogP contribution in [0.25, 0.3) is 10.8 Å². The molecule has 0 amide bonds. The van der Waals surface area contributed by atoms with Crippen LogP contribution in [0.1, 0.15) is 11.1 Å². The quantitative estimate of drug-likeness (QED) is 0.334. The van der Waals surface area contributed by atoms with E-state index in [0.717, 1.165) is 22.1 Å². The van der Waals surface area contributed by atoms with E-state index in [1.54, 1.807) is 6.07 Å². The third-order valence-electron chi connectivity index (χ3n) is 3.47. The summed E-state index contributed by atoms with van der Waals surface area (Å²) >= 11 is 0. The van der Waals surface area contributed by atoms with Crippen molar-refractivity contribution < 1.29 is 9.94 Å². The molecule has 0 atom stereocenters. The summed E-state index contributed by atoms with van der Waals surface area (Å²) in [5.74, 6) is 0.930. The first-order chi connectivity index (χ1) is 10.8. The zero-order chi connectivity index (χ0) is 15.4. The number of fused-ring (bicyclic) bond motifs is 1. The van der Waals surface area contributed by atoms with Gasteiger partial charge in [0, 0.05) is 10.9 Å². The lowest BCUT2D eigenvalue weighted by Crippen LogP contribution is -2.13. The van der Waals surface area contributed by atoms with Gasteiger partial charge in [-0.3, -0.25) is 0 Å². The second-order valence-electron chi connectivity index (χ2n) is 4.95. The number of hydrogen-bond donors (Lipinski definition) is 2. The highest BCUT2D eigenvalue weighted by Gasteiger charge is 2.04. The molecular formula is C18H16N2O2. The van der Waals surface area contributed by atoms with Crippen molar-refractivity contribution in [2.45, 2.75) is 6.61 Å². The van der Waals surface area contributed by atoms with Gasteiger partial charge in [-0.25, -0.2) is 0 Å². The number of amidine groups is 1. The lowest BCUT2D eigenvalue weighted by molar-refractivity contribution is 0.310. The molecule has 0 aliphatic heterocycles. The van der Waals surface area contributed by atoms with Gasteiger partial charge < -0.3 is 15.7 Å². The number of ether oxygens (including phenoxy) is 1. The first-order valence-corrected chi connectivity index (χ1v) is 6.95. The van der Waals surface area contributed by atoms with Crippen LogP contribution < -0.4 is 10.5 Å². The van der Waals surface area contributed by atoms with E-state index in [9.17, 15) is 0 Å². The number of oxime groups is 1. The second kappa shape index (κ2) is 6.18. The maximum atomic E-state index is 8.74. The molecule has 3 N–H and O–H groups in total. The van der Waals surface area contributed by atoms with Gasteiger partial charge in [-0.05, 0) is 23.1 Å². The van der Waals surface area contributed by atoms with Crippen molar-refractivity contribution in [2.75, 3.05) is 0 Å². The third kappa shape index (κ3) is 2.86. The Labute approximate surface area is 128 Å². The highest BCUT2D eigenvalue weighted by molar-refractivity contribution is 5.97. The Hall–Kier alpha value is -3.01. The van der Waals surface area contributed by atoms with E-state index in [2.05, 4.69) is 17.3 Å². The molecule has 3 rings (SSSR count). The summed E-state index contributed by atoms with van der Waals surface area (Å²) in [6.07, 6.45) is 0. The molecule has 22 heavy (non-hydrogen) atoms. The Kier molecular flexibility index (Phi) is 3.92. The van der Waals surface area contributed by atoms with Crippen LogP contribution in [0.2, 0.25) is 0 Å². The molecule has 0 unspecified atom stereocenters. The van der Waals surface area contributed by atoms with Crippen LogP contribution in [0.15, 0.2) is 71.9 Å². The first kappa shape index (κ1) is 13.9. The van der Waals surface area contributed by atoms with Gasteiger partial charge in [-0.2, -0.15) is 0 Å². The van der Waals surface area contributed by atoms with Crippen LogP contribution >= 0.6 is 0 Å². The van der Waals surface area contributed by atoms with Crippen LogP contribution in [-0.4, -0.2) is 11.0 Å². The molecule has 3 aromatic rings. The monoisotopic (exact) mass is 292 g/mol. The van der Waals surface area contributed by atoms with Gasteiger partial charge in [0.2, 0.25) is 0 Å². The largest absolute Gasteiger partial charge is 0.488 e. The van der Waals surface area contributed by atoms with Crippen LogP contribution in [0.4, 0.5) is 0 Å². The Balaban J connectivity index is 1.83. The van der Waals surface area contributed by atoms with Crippen molar-refractivity contribution in [1.29, 1.82) is 0 Å². The van der Waals surface area contributed by atoms with Crippen molar-refractivity contribution in [1.82, 2.24) is 0 Å². The van der Waals surface area contributed by atoms with Gasteiger partial charge in [0.1, 0.15) is 12.4 Å². The molecule has 0 bridgehead atoms. The molecule has 4 nitrogen and oxygen atoms in total. The fourth-order valence-corrected chi connectivity index (χ4v) is 2.36. The normalized spacial score (nSPS) is 11.5. The van der Waals surface area contributed by atoms with Crippen LogP contribution in [0, 0.1) is 0 Å². The smallest absolute Gasteiger partial charge is 0.170 e. The Morgan fingerprint density at radius 3 is 2.64 bits per heavy atom. The van der Waals surface area contributed by atoms with E-state index in [1.165, 1.54) is 0 Å². The summed E-state index contributed by atoms with van der Waals surface area (Å²) in [6.45, 7) is 0.417. The summed E-state index contributed by atoms with van der Waals surface area (Å²) < 4.78 is 5.93. The minimum atomic E-state index is 0.0898. The fourth-order valence-electron chi connectivity index (χ4n) is 2.36. The average Bonchev–Trinajstić information content (AvgIpc) is 2.59. The first-order valence-electron chi connectivity index (χ1n) is 6.95. The minimum absolute atomic E-state index is 0.0898. The summed E-state index contributed by atoms with van der Waals surface area (Å²) in [4.78, 5) is 0. The van der Waals surface area contributed by atoms with E-state index in [1.807, 2.05) is 48.5 Å². The Morgan fingerprint density at radius 2 is 1.77 bits per heavy atom. The molecule has 0 aliphatic carbocycles. The summed E-state index contributed by atoms with van der Waals surface area (Å²) in [7, 11) is 0. The number of benzene rings is 3. The number of nitrogens with two attached hydrogens (primary N) is 1. The molecule has 110 valence electrons. The number of nitrogens with zero attached hydrogens (tertiary/aromatic N) is 1. The second-order valence-corrected chi connectivity index (χ2v) is 4.95. The molecule has 0 fully saturated rings. The highest BCUT2D eigenvalue weighted by atomic mass is 16.5. The SMILES string of the molecule is N/C(=N\O)c1cccc(COc2cccc3ccccc23)c1. The summed E-state index contributed by atoms with van der Waals surface area (Å²) in [5.41, 5.74) is 7.23. The zero-order valence-electron chi connectivity index (χ0n) is 11.9. The van der Waals surface area contributed by atoms with Crippen molar-refractivity contribution in [3.8, 4) is 5.75 Å². The highest BCUT2D eigenvalue weighted by Crippen LogP contribution is 2.25. The molecule has 0 aromatic heterocycles. The van der Waals surface area contributed by atoms with Crippen molar-refractivity contribution in [3.63, 3.8) is 0 Å². The molecule has 4 heteroatoms. The molecule has 0 aliphatic rings. The third-order valence-corrected chi connectivity index (χ3v) is 3.47. The Morgan fingerprint density at radius 1 is 1.00 bits per heavy atom. The lowest BCUT2D eigenvalue weighted by Gasteiger charge is -2.10. The zero-order valence-corrected chi connectivity index (χ0v) is 11.9. The predicted octanol–water partition coefficient (Wildman–Crippen LogP) is 3.51. The molecule has 3 aromatic carbocycles. The minimum Gasteiger partial charge on any atom is -0.488 e. The van der Waals surface area contributed by atoms with Crippen LogP contribution in [-0.2, 0) is 6.61 Å². The van der Waals surface area contributed by atoms with E-state index in [-0.39, 0.29) is 5.84 Å². The number of hydrogen-bond acceptors (Lipinski definition) is 3. The standard InChI is InChI=1S/C18H16N2O2/c19-18(20-21)15-8-3-5-13(11-15)12-22-17-10-4-7-14-6-1-2-9-16(14)17/h1-11,21H,12H2,(H2,19,20). The van der Waals surface area contributed by atoms with Gasteiger partial charge in [-0.15, -0.1) is 0 Å². The van der Waals surface area contributed by atoms with Gasteiger partial charge in [0.15, 0.2) is 5.84 Å². The Bertz CT molecular complexity index is 823. The molecule has 0 saturated heterocycles. The van der Waals surface area contributed by atoms with Crippen molar-refractivity contribution in [2.24, 2.45) is 10.9 Å². The van der Waals surface area contributed by atoms with E-state index in [0.29, 0.717) is 12.2 Å². The van der Waals surface area contributed by atoms with Crippen molar-refractivity contribution >= 4 is 16.6 Å².